The highest BCUT2D eigenvalue weighted by Gasteiger charge is 2.35. The Hall–Kier alpha value is -0.0900. The summed E-state index contributed by atoms with van der Waals surface area (Å²) in [6.45, 7) is 4.59. The molecule has 0 aromatic carbocycles. The zero-order valence-corrected chi connectivity index (χ0v) is 12.1. The van der Waals surface area contributed by atoms with Crippen molar-refractivity contribution >= 4 is 9.84 Å². The summed E-state index contributed by atoms with van der Waals surface area (Å²) in [4.78, 5) is 0. The van der Waals surface area contributed by atoms with E-state index in [9.17, 15) is 8.42 Å². The van der Waals surface area contributed by atoms with Gasteiger partial charge in [-0.3, -0.25) is 0 Å². The first-order valence-electron chi connectivity index (χ1n) is 6.87. The van der Waals surface area contributed by atoms with Gasteiger partial charge < -0.3 is 5.73 Å². The Morgan fingerprint density at radius 1 is 1.35 bits per heavy atom. The predicted molar refractivity (Wildman–Crippen MR) is 72.7 cm³/mol. The Bertz CT molecular complexity index is 326. The fraction of sp³-hybridized carbons (Fsp3) is 1.00. The van der Waals surface area contributed by atoms with E-state index in [1.54, 1.807) is 6.92 Å². The van der Waals surface area contributed by atoms with E-state index in [0.29, 0.717) is 12.3 Å². The molecule has 0 aromatic heterocycles. The fourth-order valence-corrected chi connectivity index (χ4v) is 3.99. The van der Waals surface area contributed by atoms with Crippen LogP contribution in [-0.2, 0) is 9.84 Å². The average Bonchev–Trinajstić information content (AvgIpc) is 2.37. The summed E-state index contributed by atoms with van der Waals surface area (Å²) < 4.78 is 23.2. The van der Waals surface area contributed by atoms with Crippen LogP contribution in [-0.4, -0.2) is 26.5 Å². The van der Waals surface area contributed by atoms with Gasteiger partial charge in [-0.05, 0) is 37.1 Å². The van der Waals surface area contributed by atoms with Gasteiger partial charge in [0.15, 0.2) is 0 Å². The van der Waals surface area contributed by atoms with Crippen molar-refractivity contribution in [3.8, 4) is 0 Å². The molecule has 1 fully saturated rings. The van der Waals surface area contributed by atoms with Crippen molar-refractivity contribution in [1.29, 1.82) is 0 Å². The van der Waals surface area contributed by atoms with Crippen molar-refractivity contribution < 1.29 is 8.42 Å². The second-order valence-electron chi connectivity index (χ2n) is 5.56. The van der Waals surface area contributed by atoms with E-state index in [0.717, 1.165) is 25.2 Å². The van der Waals surface area contributed by atoms with Gasteiger partial charge in [0.25, 0.3) is 0 Å². The molecule has 0 aromatic rings. The Kier molecular flexibility index (Phi) is 5.45. The minimum atomic E-state index is -2.85. The first-order valence-corrected chi connectivity index (χ1v) is 8.69. The van der Waals surface area contributed by atoms with E-state index in [4.69, 9.17) is 5.73 Å². The summed E-state index contributed by atoms with van der Waals surface area (Å²) in [5, 5.41) is 0. The largest absolute Gasteiger partial charge is 0.330 e. The molecule has 0 heterocycles. The zero-order chi connectivity index (χ0) is 12.9. The summed E-state index contributed by atoms with van der Waals surface area (Å²) in [5.41, 5.74) is 6.03. The molecule has 0 spiro atoms. The van der Waals surface area contributed by atoms with Gasteiger partial charge in [-0.25, -0.2) is 8.42 Å². The van der Waals surface area contributed by atoms with Crippen LogP contribution in [0.25, 0.3) is 0 Å². The molecule has 17 heavy (non-hydrogen) atoms. The van der Waals surface area contributed by atoms with Gasteiger partial charge in [0.2, 0.25) is 0 Å². The number of hydrogen-bond donors (Lipinski definition) is 1. The first kappa shape index (κ1) is 15.0. The molecule has 1 aliphatic rings. The Balaban J connectivity index is 2.62. The van der Waals surface area contributed by atoms with E-state index in [-0.39, 0.29) is 11.2 Å². The van der Waals surface area contributed by atoms with Gasteiger partial charge in [0, 0.05) is 5.75 Å². The lowest BCUT2D eigenvalue weighted by Gasteiger charge is -2.40. The van der Waals surface area contributed by atoms with E-state index in [2.05, 4.69) is 6.92 Å². The molecule has 2 unspecified atom stereocenters. The average molecular weight is 261 g/mol. The second-order valence-corrected chi connectivity index (χ2v) is 8.03. The number of hydrogen-bond acceptors (Lipinski definition) is 3. The SMILES string of the molecule is CCC1CCCC(CN)(CCS(=O)(=O)CC)C1. The molecule has 2 N–H and O–H groups in total. The van der Waals surface area contributed by atoms with Crippen LogP contribution < -0.4 is 5.73 Å². The van der Waals surface area contributed by atoms with Crippen LogP contribution in [0.5, 0.6) is 0 Å². The van der Waals surface area contributed by atoms with Crippen LogP contribution in [0.2, 0.25) is 0 Å². The molecule has 2 atom stereocenters. The lowest BCUT2D eigenvalue weighted by molar-refractivity contribution is 0.138. The molecule has 0 amide bonds. The minimum Gasteiger partial charge on any atom is -0.330 e. The highest BCUT2D eigenvalue weighted by Crippen LogP contribution is 2.42. The van der Waals surface area contributed by atoms with Crippen molar-refractivity contribution in [2.75, 3.05) is 18.1 Å². The van der Waals surface area contributed by atoms with Crippen molar-refractivity contribution in [2.24, 2.45) is 17.1 Å². The third kappa shape index (κ3) is 4.25. The first-order chi connectivity index (χ1) is 7.97. The van der Waals surface area contributed by atoms with Gasteiger partial charge in [0.05, 0.1) is 5.75 Å². The molecule has 0 radical (unpaired) electrons. The maximum Gasteiger partial charge on any atom is 0.150 e. The smallest absolute Gasteiger partial charge is 0.150 e. The molecule has 1 aliphatic carbocycles. The van der Waals surface area contributed by atoms with E-state index in [1.807, 2.05) is 0 Å². The van der Waals surface area contributed by atoms with Crippen molar-refractivity contribution in [3.63, 3.8) is 0 Å². The maximum atomic E-state index is 11.6. The molecule has 0 aliphatic heterocycles. The third-order valence-electron chi connectivity index (χ3n) is 4.43. The predicted octanol–water partition coefficient (Wildman–Crippen LogP) is 2.36. The summed E-state index contributed by atoms with van der Waals surface area (Å²) in [6.07, 6.45) is 6.69. The quantitative estimate of drug-likeness (QED) is 0.798. The van der Waals surface area contributed by atoms with Crippen LogP contribution in [0, 0.1) is 11.3 Å². The van der Waals surface area contributed by atoms with Gasteiger partial charge >= 0.3 is 0 Å². The van der Waals surface area contributed by atoms with Crippen LogP contribution in [0.4, 0.5) is 0 Å². The summed E-state index contributed by atoms with van der Waals surface area (Å²) >= 11 is 0. The molecular weight excluding hydrogens is 234 g/mol. The number of nitrogens with two attached hydrogens (primary N) is 1. The monoisotopic (exact) mass is 261 g/mol. The lowest BCUT2D eigenvalue weighted by Crippen LogP contribution is -2.37. The Morgan fingerprint density at radius 2 is 2.06 bits per heavy atom. The van der Waals surface area contributed by atoms with Gasteiger partial charge in [-0.1, -0.05) is 33.1 Å². The Labute approximate surface area is 106 Å². The van der Waals surface area contributed by atoms with E-state index in [1.165, 1.54) is 19.3 Å². The van der Waals surface area contributed by atoms with Gasteiger partial charge in [-0.15, -0.1) is 0 Å². The molecule has 102 valence electrons. The highest BCUT2D eigenvalue weighted by atomic mass is 32.2. The van der Waals surface area contributed by atoms with Gasteiger partial charge in [0.1, 0.15) is 9.84 Å². The zero-order valence-electron chi connectivity index (χ0n) is 11.2. The van der Waals surface area contributed by atoms with Crippen molar-refractivity contribution in [3.05, 3.63) is 0 Å². The topological polar surface area (TPSA) is 60.2 Å². The van der Waals surface area contributed by atoms with Crippen molar-refractivity contribution in [2.45, 2.75) is 52.4 Å². The van der Waals surface area contributed by atoms with Crippen LogP contribution in [0.3, 0.4) is 0 Å². The molecule has 0 saturated heterocycles. The molecule has 3 nitrogen and oxygen atoms in total. The van der Waals surface area contributed by atoms with Gasteiger partial charge in [-0.2, -0.15) is 0 Å². The van der Waals surface area contributed by atoms with E-state index < -0.39 is 9.84 Å². The van der Waals surface area contributed by atoms with Crippen molar-refractivity contribution in [1.82, 2.24) is 0 Å². The molecule has 1 saturated carbocycles. The number of sulfone groups is 1. The highest BCUT2D eigenvalue weighted by molar-refractivity contribution is 7.91. The normalized spacial score (nSPS) is 30.4. The standard InChI is InChI=1S/C13H27NO2S/c1-3-12-6-5-7-13(10-12,11-14)8-9-17(15,16)4-2/h12H,3-11,14H2,1-2H3. The van der Waals surface area contributed by atoms with Crippen LogP contribution in [0.1, 0.15) is 52.4 Å². The molecule has 0 bridgehead atoms. The minimum absolute atomic E-state index is 0.0984. The molecule has 1 rings (SSSR count). The Morgan fingerprint density at radius 3 is 2.59 bits per heavy atom. The maximum absolute atomic E-state index is 11.6. The fourth-order valence-electron chi connectivity index (χ4n) is 2.96. The third-order valence-corrected chi connectivity index (χ3v) is 6.14. The van der Waals surface area contributed by atoms with E-state index >= 15 is 0 Å². The summed E-state index contributed by atoms with van der Waals surface area (Å²) in [5.74, 6) is 1.32. The lowest BCUT2D eigenvalue weighted by atomic mass is 9.67. The van der Waals surface area contributed by atoms with Crippen LogP contribution in [0.15, 0.2) is 0 Å². The molecular formula is C13H27NO2S. The van der Waals surface area contributed by atoms with Crippen LogP contribution >= 0.6 is 0 Å². The summed E-state index contributed by atoms with van der Waals surface area (Å²) in [7, 11) is -2.85. The summed E-state index contributed by atoms with van der Waals surface area (Å²) in [6, 6.07) is 0. The second kappa shape index (κ2) is 6.19. The number of rotatable bonds is 6. The molecule has 4 heteroatoms.